The summed E-state index contributed by atoms with van der Waals surface area (Å²) in [6.45, 7) is 5.49. The van der Waals surface area contributed by atoms with Crippen LogP contribution in [0.15, 0.2) is 18.2 Å². The maximum atomic E-state index is 12.0. The molecule has 1 aromatic rings. The number of carbonyl (C=O) groups excluding carboxylic acids is 1. The summed E-state index contributed by atoms with van der Waals surface area (Å²) in [4.78, 5) is 12.0. The van der Waals surface area contributed by atoms with Gasteiger partial charge in [0.1, 0.15) is 5.75 Å². The lowest BCUT2D eigenvalue weighted by Crippen LogP contribution is -2.20. The lowest BCUT2D eigenvalue weighted by atomic mass is 9.86. The number of rotatable bonds is 3. The van der Waals surface area contributed by atoms with Gasteiger partial charge in [0.25, 0.3) is 0 Å². The molecule has 0 saturated carbocycles. The molecule has 1 N–H and O–H groups in total. The molecule has 3 heteroatoms. The van der Waals surface area contributed by atoms with Crippen LogP contribution in [0.5, 0.6) is 5.75 Å². The van der Waals surface area contributed by atoms with E-state index in [1.165, 1.54) is 0 Å². The van der Waals surface area contributed by atoms with Gasteiger partial charge in [-0.3, -0.25) is 4.79 Å². The van der Waals surface area contributed by atoms with Gasteiger partial charge in [0.15, 0.2) is 5.78 Å². The molecular formula is C13H18O3. The Morgan fingerprint density at radius 1 is 1.38 bits per heavy atom. The highest BCUT2D eigenvalue weighted by atomic mass is 16.5. The quantitative estimate of drug-likeness (QED) is 0.799. The summed E-state index contributed by atoms with van der Waals surface area (Å²) in [6, 6.07) is 5.13. The Bertz CT molecular complexity index is 389. The van der Waals surface area contributed by atoms with Crippen molar-refractivity contribution >= 4 is 5.78 Å². The Balaban J connectivity index is 3.13. The van der Waals surface area contributed by atoms with E-state index in [-0.39, 0.29) is 12.4 Å². The first-order valence-electron chi connectivity index (χ1n) is 5.22. The fourth-order valence-corrected chi connectivity index (χ4v) is 1.48. The van der Waals surface area contributed by atoms with Gasteiger partial charge in [-0.2, -0.15) is 0 Å². The number of aliphatic hydroxyl groups is 1. The van der Waals surface area contributed by atoms with Gasteiger partial charge in [-0.15, -0.1) is 0 Å². The third-order valence-corrected chi connectivity index (χ3v) is 2.39. The molecule has 1 aromatic carbocycles. The number of aliphatic hydroxyl groups excluding tert-OH is 1. The molecule has 0 fully saturated rings. The Labute approximate surface area is 96.1 Å². The van der Waals surface area contributed by atoms with Crippen molar-refractivity contribution in [3.8, 4) is 5.75 Å². The summed E-state index contributed by atoms with van der Waals surface area (Å²) in [5.74, 6) is 0.665. The van der Waals surface area contributed by atoms with E-state index in [4.69, 9.17) is 9.84 Å². The number of ether oxygens (including phenoxy) is 1. The van der Waals surface area contributed by atoms with E-state index < -0.39 is 5.41 Å². The van der Waals surface area contributed by atoms with E-state index in [1.807, 2.05) is 20.8 Å². The SMILES string of the molecule is COc1ccc(C(=O)C(C)(C)C)cc1CO. The van der Waals surface area contributed by atoms with Crippen LogP contribution >= 0.6 is 0 Å². The summed E-state index contributed by atoms with van der Waals surface area (Å²) in [6.07, 6.45) is 0. The van der Waals surface area contributed by atoms with Crippen molar-refractivity contribution in [3.63, 3.8) is 0 Å². The monoisotopic (exact) mass is 222 g/mol. The van der Waals surface area contributed by atoms with Gasteiger partial charge in [0.2, 0.25) is 0 Å². The van der Waals surface area contributed by atoms with Gasteiger partial charge in [0, 0.05) is 16.5 Å². The molecule has 0 spiro atoms. The van der Waals surface area contributed by atoms with Gasteiger partial charge >= 0.3 is 0 Å². The minimum Gasteiger partial charge on any atom is -0.496 e. The molecule has 3 nitrogen and oxygen atoms in total. The summed E-state index contributed by atoms with van der Waals surface area (Å²) in [5, 5.41) is 9.17. The van der Waals surface area contributed by atoms with Crippen LogP contribution in [0.1, 0.15) is 36.7 Å². The van der Waals surface area contributed by atoms with Crippen LogP contribution in [0.3, 0.4) is 0 Å². The predicted molar refractivity (Wildman–Crippen MR) is 62.7 cm³/mol. The minimum absolute atomic E-state index is 0.0600. The topological polar surface area (TPSA) is 46.5 Å². The first-order chi connectivity index (χ1) is 7.40. The number of hydrogen-bond donors (Lipinski definition) is 1. The van der Waals surface area contributed by atoms with Crippen LogP contribution in [-0.4, -0.2) is 18.0 Å². The average Bonchev–Trinajstić information content (AvgIpc) is 2.25. The normalized spacial score (nSPS) is 11.3. The molecule has 0 aliphatic heterocycles. The summed E-state index contributed by atoms with van der Waals surface area (Å²) in [7, 11) is 1.54. The lowest BCUT2D eigenvalue weighted by Gasteiger charge is -2.17. The molecule has 0 radical (unpaired) electrons. The second-order valence-corrected chi connectivity index (χ2v) is 4.76. The Morgan fingerprint density at radius 2 is 2.00 bits per heavy atom. The van der Waals surface area contributed by atoms with Crippen molar-refractivity contribution in [2.45, 2.75) is 27.4 Å². The molecule has 0 atom stereocenters. The van der Waals surface area contributed by atoms with Gasteiger partial charge in [-0.05, 0) is 18.2 Å². The number of carbonyl (C=O) groups is 1. The van der Waals surface area contributed by atoms with Crippen molar-refractivity contribution in [1.29, 1.82) is 0 Å². The number of methoxy groups -OCH3 is 1. The number of benzene rings is 1. The highest BCUT2D eigenvalue weighted by Gasteiger charge is 2.23. The van der Waals surface area contributed by atoms with Crippen molar-refractivity contribution in [2.24, 2.45) is 5.41 Å². The van der Waals surface area contributed by atoms with Crippen LogP contribution in [-0.2, 0) is 6.61 Å². The maximum Gasteiger partial charge on any atom is 0.168 e. The first-order valence-corrected chi connectivity index (χ1v) is 5.22. The zero-order valence-corrected chi connectivity index (χ0v) is 10.2. The molecule has 0 aromatic heterocycles. The van der Waals surface area contributed by atoms with E-state index in [0.29, 0.717) is 16.9 Å². The molecule has 0 heterocycles. The van der Waals surface area contributed by atoms with E-state index in [1.54, 1.807) is 25.3 Å². The largest absolute Gasteiger partial charge is 0.496 e. The standard InChI is InChI=1S/C13H18O3/c1-13(2,3)12(15)9-5-6-11(16-4)10(7-9)8-14/h5-7,14H,8H2,1-4H3. The molecule has 88 valence electrons. The van der Waals surface area contributed by atoms with E-state index >= 15 is 0 Å². The van der Waals surface area contributed by atoms with Crippen LogP contribution in [0.25, 0.3) is 0 Å². The van der Waals surface area contributed by atoms with Gasteiger partial charge in [0.05, 0.1) is 13.7 Å². The molecule has 0 bridgehead atoms. The number of ketones is 1. The molecule has 0 saturated heterocycles. The van der Waals surface area contributed by atoms with E-state index in [9.17, 15) is 4.79 Å². The summed E-state index contributed by atoms with van der Waals surface area (Å²) >= 11 is 0. The zero-order chi connectivity index (χ0) is 12.3. The summed E-state index contributed by atoms with van der Waals surface area (Å²) in [5.41, 5.74) is 0.830. The molecule has 16 heavy (non-hydrogen) atoms. The van der Waals surface area contributed by atoms with Gasteiger partial charge < -0.3 is 9.84 Å². The second-order valence-electron chi connectivity index (χ2n) is 4.76. The number of hydrogen-bond acceptors (Lipinski definition) is 3. The fourth-order valence-electron chi connectivity index (χ4n) is 1.48. The highest BCUT2D eigenvalue weighted by Crippen LogP contribution is 2.25. The van der Waals surface area contributed by atoms with Crippen LogP contribution in [0.2, 0.25) is 0 Å². The molecule has 0 aliphatic carbocycles. The van der Waals surface area contributed by atoms with Gasteiger partial charge in [-0.25, -0.2) is 0 Å². The Hall–Kier alpha value is -1.35. The van der Waals surface area contributed by atoms with Crippen LogP contribution in [0.4, 0.5) is 0 Å². The molecular weight excluding hydrogens is 204 g/mol. The molecule has 1 rings (SSSR count). The van der Waals surface area contributed by atoms with Crippen molar-refractivity contribution in [3.05, 3.63) is 29.3 Å². The third-order valence-electron chi connectivity index (χ3n) is 2.39. The smallest absolute Gasteiger partial charge is 0.168 e. The Morgan fingerprint density at radius 3 is 2.44 bits per heavy atom. The fraction of sp³-hybridized carbons (Fsp3) is 0.462. The predicted octanol–water partition coefficient (Wildman–Crippen LogP) is 2.42. The number of Topliss-reactive ketones (excluding diaryl/α,β-unsaturated/α-hetero) is 1. The highest BCUT2D eigenvalue weighted by molar-refractivity contribution is 6.00. The lowest BCUT2D eigenvalue weighted by molar-refractivity contribution is 0.0858. The summed E-state index contributed by atoms with van der Waals surface area (Å²) < 4.78 is 5.09. The van der Waals surface area contributed by atoms with Crippen LogP contribution in [0, 0.1) is 5.41 Å². The average molecular weight is 222 g/mol. The molecule has 0 unspecified atom stereocenters. The van der Waals surface area contributed by atoms with E-state index in [2.05, 4.69) is 0 Å². The minimum atomic E-state index is -0.415. The van der Waals surface area contributed by atoms with Crippen molar-refractivity contribution in [1.82, 2.24) is 0 Å². The van der Waals surface area contributed by atoms with E-state index in [0.717, 1.165) is 0 Å². The Kier molecular flexibility index (Phi) is 3.70. The molecule has 0 aliphatic rings. The third kappa shape index (κ3) is 2.61. The van der Waals surface area contributed by atoms with Crippen LogP contribution < -0.4 is 4.74 Å². The van der Waals surface area contributed by atoms with Crippen molar-refractivity contribution < 1.29 is 14.6 Å². The maximum absolute atomic E-state index is 12.0. The van der Waals surface area contributed by atoms with Crippen molar-refractivity contribution in [2.75, 3.05) is 7.11 Å². The first kappa shape index (κ1) is 12.7. The zero-order valence-electron chi connectivity index (χ0n) is 10.2. The molecule has 0 amide bonds. The van der Waals surface area contributed by atoms with Gasteiger partial charge in [-0.1, -0.05) is 20.8 Å². The second kappa shape index (κ2) is 4.66.